The molecule has 2 amide bonds. The second-order valence-corrected chi connectivity index (χ2v) is 5.36. The Morgan fingerprint density at radius 1 is 1.00 bits per heavy atom. The maximum atomic E-state index is 11.8. The minimum atomic E-state index is -0.138. The third-order valence-corrected chi connectivity index (χ3v) is 3.75. The molecule has 0 bridgehead atoms. The quantitative estimate of drug-likeness (QED) is 0.655. The molecule has 0 aliphatic rings. The summed E-state index contributed by atoms with van der Waals surface area (Å²) in [5.74, 6) is 0. The molecule has 0 radical (unpaired) electrons. The first-order chi connectivity index (χ1) is 11.3. The topological polar surface area (TPSA) is 69.8 Å². The van der Waals surface area contributed by atoms with Crippen molar-refractivity contribution in [2.75, 3.05) is 13.1 Å². The lowest BCUT2D eigenvalue weighted by atomic mass is 10.1. The number of aromatic nitrogens is 2. The van der Waals surface area contributed by atoms with Gasteiger partial charge in [-0.15, -0.1) is 0 Å². The van der Waals surface area contributed by atoms with E-state index in [1.54, 1.807) is 6.20 Å². The van der Waals surface area contributed by atoms with Crippen LogP contribution in [0.1, 0.15) is 11.3 Å². The maximum Gasteiger partial charge on any atom is 0.314 e. The van der Waals surface area contributed by atoms with Crippen molar-refractivity contribution in [2.24, 2.45) is 0 Å². The van der Waals surface area contributed by atoms with Crippen LogP contribution in [0.15, 0.2) is 54.9 Å². The zero-order valence-electron chi connectivity index (χ0n) is 12.9. The SMILES string of the molecule is O=C(NCCc1ccccn1)NCCc1c[nH]c2ccccc12. The molecule has 0 unspecified atom stereocenters. The van der Waals surface area contributed by atoms with Crippen LogP contribution in [0.3, 0.4) is 0 Å². The number of pyridine rings is 1. The number of nitrogens with one attached hydrogen (secondary N) is 3. The summed E-state index contributed by atoms with van der Waals surface area (Å²) in [6.45, 7) is 1.19. The number of nitrogens with zero attached hydrogens (tertiary/aromatic N) is 1. The first kappa shape index (κ1) is 15.1. The van der Waals surface area contributed by atoms with Gasteiger partial charge in [0.15, 0.2) is 0 Å². The highest BCUT2D eigenvalue weighted by molar-refractivity contribution is 5.83. The van der Waals surface area contributed by atoms with Crippen LogP contribution in [0.5, 0.6) is 0 Å². The summed E-state index contributed by atoms with van der Waals surface area (Å²) in [6.07, 6.45) is 5.30. The zero-order chi connectivity index (χ0) is 15.9. The molecule has 0 aliphatic heterocycles. The van der Waals surface area contributed by atoms with Gasteiger partial charge >= 0.3 is 6.03 Å². The summed E-state index contributed by atoms with van der Waals surface area (Å²) in [5, 5.41) is 6.95. The van der Waals surface area contributed by atoms with Gasteiger partial charge in [0.2, 0.25) is 0 Å². The second-order valence-electron chi connectivity index (χ2n) is 5.36. The van der Waals surface area contributed by atoms with Crippen molar-refractivity contribution in [1.29, 1.82) is 0 Å². The molecule has 3 rings (SSSR count). The Balaban J connectivity index is 1.39. The van der Waals surface area contributed by atoms with Crippen LogP contribution in [0.2, 0.25) is 0 Å². The molecule has 0 fully saturated rings. The van der Waals surface area contributed by atoms with Crippen LogP contribution in [-0.2, 0) is 12.8 Å². The fraction of sp³-hybridized carbons (Fsp3) is 0.222. The van der Waals surface area contributed by atoms with Crippen LogP contribution >= 0.6 is 0 Å². The van der Waals surface area contributed by atoms with Gasteiger partial charge in [-0.2, -0.15) is 0 Å². The molecule has 2 heterocycles. The molecule has 118 valence electrons. The monoisotopic (exact) mass is 308 g/mol. The van der Waals surface area contributed by atoms with E-state index in [1.165, 1.54) is 10.9 Å². The van der Waals surface area contributed by atoms with Crippen molar-refractivity contribution in [2.45, 2.75) is 12.8 Å². The first-order valence-electron chi connectivity index (χ1n) is 7.79. The van der Waals surface area contributed by atoms with E-state index in [2.05, 4.69) is 32.7 Å². The predicted octanol–water partition coefficient (Wildman–Crippen LogP) is 2.65. The second kappa shape index (κ2) is 7.45. The molecule has 5 nitrogen and oxygen atoms in total. The van der Waals surface area contributed by atoms with E-state index in [0.717, 1.165) is 24.1 Å². The van der Waals surface area contributed by atoms with E-state index in [-0.39, 0.29) is 6.03 Å². The summed E-state index contributed by atoms with van der Waals surface area (Å²) in [5.41, 5.74) is 3.32. The van der Waals surface area contributed by atoms with Gasteiger partial charge in [-0.1, -0.05) is 24.3 Å². The number of hydrogen-bond donors (Lipinski definition) is 3. The van der Waals surface area contributed by atoms with Crippen molar-refractivity contribution in [3.63, 3.8) is 0 Å². The number of para-hydroxylation sites is 1. The highest BCUT2D eigenvalue weighted by Crippen LogP contribution is 2.17. The fourth-order valence-corrected chi connectivity index (χ4v) is 2.56. The van der Waals surface area contributed by atoms with E-state index >= 15 is 0 Å². The van der Waals surface area contributed by atoms with Gasteiger partial charge in [0.25, 0.3) is 0 Å². The third-order valence-electron chi connectivity index (χ3n) is 3.75. The Hall–Kier alpha value is -2.82. The Bertz CT molecular complexity index is 767. The van der Waals surface area contributed by atoms with E-state index in [9.17, 15) is 4.79 Å². The highest BCUT2D eigenvalue weighted by atomic mass is 16.2. The highest BCUT2D eigenvalue weighted by Gasteiger charge is 2.04. The van der Waals surface area contributed by atoms with Gasteiger partial charge in [0, 0.05) is 48.5 Å². The number of amides is 2. The minimum absolute atomic E-state index is 0.138. The summed E-state index contributed by atoms with van der Waals surface area (Å²) in [7, 11) is 0. The Morgan fingerprint density at radius 3 is 2.61 bits per heavy atom. The van der Waals surface area contributed by atoms with E-state index < -0.39 is 0 Å². The van der Waals surface area contributed by atoms with Crippen LogP contribution < -0.4 is 10.6 Å². The third kappa shape index (κ3) is 4.10. The van der Waals surface area contributed by atoms with Gasteiger partial charge in [-0.05, 0) is 30.2 Å². The zero-order valence-corrected chi connectivity index (χ0v) is 12.9. The molecule has 0 atom stereocenters. The summed E-state index contributed by atoms with van der Waals surface area (Å²) in [4.78, 5) is 19.2. The fourth-order valence-electron chi connectivity index (χ4n) is 2.56. The van der Waals surface area contributed by atoms with Gasteiger partial charge < -0.3 is 15.6 Å². The van der Waals surface area contributed by atoms with Crippen LogP contribution in [0.4, 0.5) is 4.79 Å². The van der Waals surface area contributed by atoms with Crippen molar-refractivity contribution < 1.29 is 4.79 Å². The molecule has 2 aromatic heterocycles. The van der Waals surface area contributed by atoms with Crippen molar-refractivity contribution in [1.82, 2.24) is 20.6 Å². The molecular weight excluding hydrogens is 288 g/mol. The lowest BCUT2D eigenvalue weighted by molar-refractivity contribution is 0.241. The van der Waals surface area contributed by atoms with Gasteiger partial charge in [0.1, 0.15) is 0 Å². The average Bonchev–Trinajstić information content (AvgIpc) is 2.99. The number of urea groups is 1. The molecule has 0 saturated carbocycles. The standard InChI is InChI=1S/C18H20N4O/c23-18(21-12-9-15-5-3-4-10-19-15)20-11-8-14-13-22-17-7-2-1-6-16(14)17/h1-7,10,13,22H,8-9,11-12H2,(H2,20,21,23). The summed E-state index contributed by atoms with van der Waals surface area (Å²) in [6, 6.07) is 13.8. The maximum absolute atomic E-state index is 11.8. The molecule has 5 heteroatoms. The van der Waals surface area contributed by atoms with Crippen molar-refractivity contribution >= 4 is 16.9 Å². The number of aromatic amines is 1. The largest absolute Gasteiger partial charge is 0.361 e. The molecule has 3 aromatic rings. The van der Waals surface area contributed by atoms with Gasteiger partial charge in [0.05, 0.1) is 0 Å². The van der Waals surface area contributed by atoms with E-state index in [0.29, 0.717) is 13.1 Å². The van der Waals surface area contributed by atoms with Crippen molar-refractivity contribution in [3.05, 3.63) is 66.1 Å². The average molecular weight is 308 g/mol. The number of fused-ring (bicyclic) bond motifs is 1. The Kier molecular flexibility index (Phi) is 4.88. The molecule has 0 spiro atoms. The number of hydrogen-bond acceptors (Lipinski definition) is 2. The van der Waals surface area contributed by atoms with E-state index in [1.807, 2.05) is 36.5 Å². The lowest BCUT2D eigenvalue weighted by Crippen LogP contribution is -2.37. The van der Waals surface area contributed by atoms with Gasteiger partial charge in [-0.25, -0.2) is 4.79 Å². The predicted molar refractivity (Wildman–Crippen MR) is 91.3 cm³/mol. The van der Waals surface area contributed by atoms with E-state index in [4.69, 9.17) is 0 Å². The molecule has 0 aliphatic carbocycles. The number of benzene rings is 1. The first-order valence-corrected chi connectivity index (χ1v) is 7.79. The lowest BCUT2D eigenvalue weighted by Gasteiger charge is -2.07. The number of rotatable bonds is 6. The smallest absolute Gasteiger partial charge is 0.314 e. The van der Waals surface area contributed by atoms with Crippen LogP contribution in [0.25, 0.3) is 10.9 Å². The normalized spacial score (nSPS) is 10.6. The molecule has 23 heavy (non-hydrogen) atoms. The number of carbonyl (C=O) groups excluding carboxylic acids is 1. The molecule has 3 N–H and O–H groups in total. The molecule has 0 saturated heterocycles. The molecular formula is C18H20N4O. The van der Waals surface area contributed by atoms with Gasteiger partial charge in [-0.3, -0.25) is 4.98 Å². The summed E-state index contributed by atoms with van der Waals surface area (Å²) >= 11 is 0. The Morgan fingerprint density at radius 2 is 1.78 bits per heavy atom. The molecule has 1 aromatic carbocycles. The number of H-pyrrole nitrogens is 1. The minimum Gasteiger partial charge on any atom is -0.361 e. The Labute approximate surface area is 135 Å². The number of carbonyl (C=O) groups is 1. The van der Waals surface area contributed by atoms with Crippen molar-refractivity contribution in [3.8, 4) is 0 Å². The van der Waals surface area contributed by atoms with Crippen LogP contribution in [-0.4, -0.2) is 29.1 Å². The summed E-state index contributed by atoms with van der Waals surface area (Å²) < 4.78 is 0. The van der Waals surface area contributed by atoms with Crippen LogP contribution in [0, 0.1) is 0 Å².